The normalized spacial score (nSPS) is 11.4. The van der Waals surface area contributed by atoms with Crippen LogP contribution >= 0.6 is 0 Å². The number of carbonyl (C=O) groups excluding carboxylic acids is 1. The Kier molecular flexibility index (Phi) is 5.42. The molecule has 0 bridgehead atoms. The van der Waals surface area contributed by atoms with Crippen molar-refractivity contribution in [2.75, 3.05) is 0 Å². The van der Waals surface area contributed by atoms with E-state index >= 15 is 0 Å². The highest BCUT2D eigenvalue weighted by Crippen LogP contribution is 2.33. The number of primary amides is 1. The highest BCUT2D eigenvalue weighted by Gasteiger charge is 2.30. The molecule has 0 saturated heterocycles. The van der Waals surface area contributed by atoms with Crippen LogP contribution in [0.5, 0.6) is 0 Å². The van der Waals surface area contributed by atoms with Gasteiger partial charge in [0.25, 0.3) is 0 Å². The van der Waals surface area contributed by atoms with Crippen LogP contribution in [0.25, 0.3) is 28.1 Å². The molecule has 0 fully saturated rings. The van der Waals surface area contributed by atoms with Crippen molar-refractivity contribution < 1.29 is 27.9 Å². The number of carbonyl (C=O) groups is 2. The number of hydrogen-bond acceptors (Lipinski definition) is 4. The largest absolute Gasteiger partial charge is 0.478 e. The van der Waals surface area contributed by atoms with Gasteiger partial charge in [-0.2, -0.15) is 13.2 Å². The summed E-state index contributed by atoms with van der Waals surface area (Å²) in [6, 6.07) is 16.1. The summed E-state index contributed by atoms with van der Waals surface area (Å²) in [5.41, 5.74) is 5.90. The molecule has 1 amide bonds. The standard InChI is InChI=1S/C23H15F3N4O3/c24-23(25,26)15-6-8-16(9-7-15)30-12-19(28-29-30)17-10-14(13-4-2-1-3-5-13)11-18(22(32)33)20(17)21(27)31/h1-12H,(H2,27,31)(H,32,33). The zero-order valence-corrected chi connectivity index (χ0v) is 16.7. The van der Waals surface area contributed by atoms with Gasteiger partial charge in [0.2, 0.25) is 5.91 Å². The second-order valence-corrected chi connectivity index (χ2v) is 7.07. The summed E-state index contributed by atoms with van der Waals surface area (Å²) in [6.07, 6.45) is -3.10. The second-order valence-electron chi connectivity index (χ2n) is 7.07. The van der Waals surface area contributed by atoms with E-state index in [4.69, 9.17) is 5.73 Å². The van der Waals surface area contributed by atoms with E-state index in [1.54, 1.807) is 36.4 Å². The highest BCUT2D eigenvalue weighted by molar-refractivity contribution is 6.09. The minimum Gasteiger partial charge on any atom is -0.478 e. The van der Waals surface area contributed by atoms with Crippen LogP contribution in [0, 0.1) is 0 Å². The third kappa shape index (κ3) is 4.31. The molecule has 3 N–H and O–H groups in total. The molecular weight excluding hydrogens is 437 g/mol. The molecule has 0 aliphatic rings. The minimum atomic E-state index is -4.48. The van der Waals surface area contributed by atoms with Gasteiger partial charge in [-0.1, -0.05) is 35.5 Å². The Bertz CT molecular complexity index is 1350. The Labute approximate surface area is 184 Å². The Morgan fingerprint density at radius 2 is 1.61 bits per heavy atom. The first-order valence-electron chi connectivity index (χ1n) is 9.52. The molecule has 10 heteroatoms. The molecule has 166 valence electrons. The quantitative estimate of drug-likeness (QED) is 0.466. The van der Waals surface area contributed by atoms with Gasteiger partial charge in [0, 0.05) is 5.56 Å². The molecule has 0 saturated carbocycles. The van der Waals surface area contributed by atoms with E-state index in [1.165, 1.54) is 29.1 Å². The highest BCUT2D eigenvalue weighted by atomic mass is 19.4. The number of carboxylic acids is 1. The van der Waals surface area contributed by atoms with Crippen LogP contribution in [0.4, 0.5) is 13.2 Å². The number of aromatic carboxylic acids is 1. The fraction of sp³-hybridized carbons (Fsp3) is 0.0435. The first kappa shape index (κ1) is 21.8. The van der Waals surface area contributed by atoms with Crippen molar-refractivity contribution >= 4 is 11.9 Å². The summed E-state index contributed by atoms with van der Waals surface area (Å²) < 4.78 is 39.7. The molecular formula is C23H15F3N4O3. The maximum absolute atomic E-state index is 12.8. The van der Waals surface area contributed by atoms with E-state index in [-0.39, 0.29) is 22.4 Å². The summed E-state index contributed by atoms with van der Waals surface area (Å²) in [5.74, 6) is -2.32. The maximum atomic E-state index is 12.8. The van der Waals surface area contributed by atoms with E-state index in [0.29, 0.717) is 16.8 Å². The van der Waals surface area contributed by atoms with E-state index < -0.39 is 23.6 Å². The average Bonchev–Trinajstić information content (AvgIpc) is 3.28. The predicted octanol–water partition coefficient (Wildman–Crippen LogP) is 4.42. The Balaban J connectivity index is 1.85. The average molecular weight is 452 g/mol. The summed E-state index contributed by atoms with van der Waals surface area (Å²) in [7, 11) is 0. The Morgan fingerprint density at radius 3 is 2.18 bits per heavy atom. The molecule has 3 aromatic carbocycles. The molecule has 33 heavy (non-hydrogen) atoms. The fourth-order valence-corrected chi connectivity index (χ4v) is 3.39. The van der Waals surface area contributed by atoms with Crippen molar-refractivity contribution in [1.82, 2.24) is 15.0 Å². The number of rotatable bonds is 5. The number of nitrogens with zero attached hydrogens (tertiary/aromatic N) is 3. The summed E-state index contributed by atoms with van der Waals surface area (Å²) in [5, 5.41) is 17.6. The molecule has 0 atom stereocenters. The first-order valence-corrected chi connectivity index (χ1v) is 9.52. The first-order chi connectivity index (χ1) is 15.6. The number of benzene rings is 3. The molecule has 0 aliphatic heterocycles. The number of aromatic nitrogens is 3. The molecule has 0 unspecified atom stereocenters. The Morgan fingerprint density at radius 1 is 0.939 bits per heavy atom. The second kappa shape index (κ2) is 8.23. The summed E-state index contributed by atoms with van der Waals surface area (Å²) in [4.78, 5) is 24.1. The monoisotopic (exact) mass is 452 g/mol. The molecule has 7 nitrogen and oxygen atoms in total. The third-order valence-electron chi connectivity index (χ3n) is 4.95. The van der Waals surface area contributed by atoms with Gasteiger partial charge in [0.1, 0.15) is 5.69 Å². The number of amides is 1. The van der Waals surface area contributed by atoms with Crippen LogP contribution in [0.2, 0.25) is 0 Å². The van der Waals surface area contributed by atoms with Crippen LogP contribution in [0.15, 0.2) is 72.9 Å². The zero-order chi connectivity index (χ0) is 23.8. The number of alkyl halides is 3. The van der Waals surface area contributed by atoms with Gasteiger partial charge in [-0.25, -0.2) is 9.48 Å². The number of nitrogens with two attached hydrogens (primary N) is 1. The summed E-state index contributed by atoms with van der Waals surface area (Å²) >= 11 is 0. The smallest absolute Gasteiger partial charge is 0.416 e. The van der Waals surface area contributed by atoms with Gasteiger partial charge in [0.05, 0.1) is 28.6 Å². The van der Waals surface area contributed by atoms with Crippen LogP contribution < -0.4 is 5.73 Å². The lowest BCUT2D eigenvalue weighted by Crippen LogP contribution is -2.18. The van der Waals surface area contributed by atoms with Crippen LogP contribution in [-0.4, -0.2) is 32.0 Å². The minimum absolute atomic E-state index is 0.129. The van der Waals surface area contributed by atoms with Crippen molar-refractivity contribution in [1.29, 1.82) is 0 Å². The number of carboxylic acid groups (broad SMARTS) is 1. The third-order valence-corrected chi connectivity index (χ3v) is 4.95. The van der Waals surface area contributed by atoms with E-state index in [2.05, 4.69) is 10.3 Å². The lowest BCUT2D eigenvalue weighted by Gasteiger charge is -2.12. The van der Waals surface area contributed by atoms with Crippen molar-refractivity contribution in [2.24, 2.45) is 5.73 Å². The molecule has 1 aromatic heterocycles. The molecule has 1 heterocycles. The summed E-state index contributed by atoms with van der Waals surface area (Å²) in [6.45, 7) is 0. The maximum Gasteiger partial charge on any atom is 0.416 e. The molecule has 4 aromatic rings. The predicted molar refractivity (Wildman–Crippen MR) is 113 cm³/mol. The van der Waals surface area contributed by atoms with Gasteiger partial charge in [0.15, 0.2) is 0 Å². The lowest BCUT2D eigenvalue weighted by molar-refractivity contribution is -0.137. The Hall–Kier alpha value is -4.47. The van der Waals surface area contributed by atoms with Gasteiger partial charge in [-0.15, -0.1) is 5.10 Å². The van der Waals surface area contributed by atoms with E-state index in [0.717, 1.165) is 12.1 Å². The molecule has 0 radical (unpaired) electrons. The van der Waals surface area contributed by atoms with Gasteiger partial charge in [-0.05, 0) is 47.5 Å². The number of hydrogen-bond donors (Lipinski definition) is 2. The van der Waals surface area contributed by atoms with Gasteiger partial charge >= 0.3 is 12.1 Å². The topological polar surface area (TPSA) is 111 Å². The number of halogens is 3. The lowest BCUT2D eigenvalue weighted by atomic mass is 9.92. The van der Waals surface area contributed by atoms with Gasteiger partial charge in [-0.3, -0.25) is 4.79 Å². The van der Waals surface area contributed by atoms with Crippen LogP contribution in [0.3, 0.4) is 0 Å². The van der Waals surface area contributed by atoms with Crippen molar-refractivity contribution in [3.8, 4) is 28.1 Å². The molecule has 0 spiro atoms. The van der Waals surface area contributed by atoms with E-state index in [1.807, 2.05) is 0 Å². The SMILES string of the molecule is NC(=O)c1c(C(=O)O)cc(-c2ccccc2)cc1-c1cn(-c2ccc(C(F)(F)F)cc2)nn1. The zero-order valence-electron chi connectivity index (χ0n) is 16.7. The molecule has 4 rings (SSSR count). The van der Waals surface area contributed by atoms with E-state index in [9.17, 15) is 27.9 Å². The van der Waals surface area contributed by atoms with Crippen molar-refractivity contribution in [3.63, 3.8) is 0 Å². The fourth-order valence-electron chi connectivity index (χ4n) is 3.39. The van der Waals surface area contributed by atoms with Crippen LogP contribution in [0.1, 0.15) is 26.3 Å². The van der Waals surface area contributed by atoms with Crippen LogP contribution in [-0.2, 0) is 6.18 Å². The van der Waals surface area contributed by atoms with Crippen molar-refractivity contribution in [2.45, 2.75) is 6.18 Å². The van der Waals surface area contributed by atoms with Gasteiger partial charge < -0.3 is 10.8 Å². The molecule has 0 aliphatic carbocycles. The van der Waals surface area contributed by atoms with Crippen molar-refractivity contribution in [3.05, 3.63) is 89.6 Å².